The van der Waals surface area contributed by atoms with Crippen LogP contribution in [0.2, 0.25) is 5.02 Å². The van der Waals surface area contributed by atoms with Crippen molar-refractivity contribution in [1.29, 1.82) is 0 Å². The van der Waals surface area contributed by atoms with E-state index in [1.54, 1.807) is 24.1 Å². The van der Waals surface area contributed by atoms with Crippen molar-refractivity contribution in [3.05, 3.63) is 70.6 Å². The fraction of sp³-hybridized carbons (Fsp3) is 0.304. The number of carbonyl (C=O) groups excluding carboxylic acids is 1. The standard InChI is InChI=1S/C23H25ClFN3O3S/c1-28(23(29)17-9-12-20(24)22(14-17)32(2,30)31)13-5-3-4-6-19-15-21(27-26-19)16-7-10-18(25)11-8-16/h7-12,14-15H,3-6,13H2,1-2H3,(H,26,27). The number of amides is 1. The highest BCUT2D eigenvalue weighted by molar-refractivity contribution is 7.90. The molecule has 0 spiro atoms. The Hall–Kier alpha value is -2.71. The number of aromatic amines is 1. The summed E-state index contributed by atoms with van der Waals surface area (Å²) in [5.74, 6) is -0.524. The summed E-state index contributed by atoms with van der Waals surface area (Å²) in [6, 6.07) is 12.5. The van der Waals surface area contributed by atoms with Gasteiger partial charge in [0.25, 0.3) is 5.91 Å². The number of hydrogen-bond donors (Lipinski definition) is 1. The third kappa shape index (κ3) is 6.17. The molecule has 1 N–H and O–H groups in total. The lowest BCUT2D eigenvalue weighted by molar-refractivity contribution is 0.0792. The maximum absolute atomic E-state index is 13.0. The van der Waals surface area contributed by atoms with E-state index >= 15 is 0 Å². The van der Waals surface area contributed by atoms with Crippen LogP contribution in [0.15, 0.2) is 53.4 Å². The number of halogens is 2. The Bertz CT molecular complexity index is 1190. The zero-order valence-electron chi connectivity index (χ0n) is 17.9. The smallest absolute Gasteiger partial charge is 0.253 e. The van der Waals surface area contributed by atoms with Crippen molar-refractivity contribution in [2.45, 2.75) is 30.6 Å². The first-order valence-electron chi connectivity index (χ1n) is 10.2. The molecule has 0 bridgehead atoms. The van der Waals surface area contributed by atoms with Crippen LogP contribution in [0, 0.1) is 5.82 Å². The minimum atomic E-state index is -3.51. The Balaban J connectivity index is 1.46. The number of unbranched alkanes of at least 4 members (excludes halogenated alkanes) is 2. The number of benzene rings is 2. The largest absolute Gasteiger partial charge is 0.342 e. The Kier molecular flexibility index (Phi) is 7.69. The summed E-state index contributed by atoms with van der Waals surface area (Å²) in [6.45, 7) is 0.555. The number of hydrogen-bond acceptors (Lipinski definition) is 4. The van der Waals surface area contributed by atoms with E-state index in [4.69, 9.17) is 11.6 Å². The van der Waals surface area contributed by atoms with Crippen LogP contribution in [-0.4, -0.2) is 49.3 Å². The van der Waals surface area contributed by atoms with Gasteiger partial charge < -0.3 is 4.90 Å². The van der Waals surface area contributed by atoms with Crippen LogP contribution in [0.3, 0.4) is 0 Å². The normalized spacial score (nSPS) is 11.5. The van der Waals surface area contributed by atoms with Gasteiger partial charge in [-0.1, -0.05) is 18.0 Å². The van der Waals surface area contributed by atoms with Gasteiger partial charge >= 0.3 is 0 Å². The number of aryl methyl sites for hydroxylation is 1. The summed E-state index contributed by atoms with van der Waals surface area (Å²) in [5.41, 5.74) is 2.93. The molecule has 0 unspecified atom stereocenters. The Morgan fingerprint density at radius 2 is 1.81 bits per heavy atom. The lowest BCUT2D eigenvalue weighted by Gasteiger charge is -2.17. The van der Waals surface area contributed by atoms with Crippen molar-refractivity contribution in [1.82, 2.24) is 15.1 Å². The number of nitrogens with zero attached hydrogens (tertiary/aromatic N) is 2. The third-order valence-corrected chi connectivity index (χ3v) is 6.71. The Morgan fingerprint density at radius 3 is 2.50 bits per heavy atom. The first-order chi connectivity index (χ1) is 15.1. The van der Waals surface area contributed by atoms with Gasteiger partial charge in [0.2, 0.25) is 0 Å². The van der Waals surface area contributed by atoms with Gasteiger partial charge in [0.1, 0.15) is 5.82 Å². The molecule has 2 aromatic carbocycles. The van der Waals surface area contributed by atoms with Crippen molar-refractivity contribution < 1.29 is 17.6 Å². The molecule has 0 saturated heterocycles. The van der Waals surface area contributed by atoms with Gasteiger partial charge in [0.05, 0.1) is 15.6 Å². The SMILES string of the molecule is CN(CCCCCc1cc(-c2ccc(F)cc2)n[nH]1)C(=O)c1ccc(Cl)c(S(C)(=O)=O)c1. The number of sulfone groups is 1. The molecule has 170 valence electrons. The maximum atomic E-state index is 13.0. The lowest BCUT2D eigenvalue weighted by atomic mass is 10.1. The predicted octanol–water partition coefficient (Wildman–Crippen LogP) is 4.76. The summed E-state index contributed by atoms with van der Waals surface area (Å²) in [6.07, 6.45) is 4.53. The average molecular weight is 478 g/mol. The van der Waals surface area contributed by atoms with Crippen LogP contribution >= 0.6 is 11.6 Å². The molecule has 1 aromatic heterocycles. The van der Waals surface area contributed by atoms with Crippen molar-refractivity contribution in [3.63, 3.8) is 0 Å². The fourth-order valence-electron chi connectivity index (χ4n) is 3.34. The van der Waals surface area contributed by atoms with Crippen molar-refractivity contribution in [2.24, 2.45) is 0 Å². The highest BCUT2D eigenvalue weighted by atomic mass is 35.5. The van der Waals surface area contributed by atoms with E-state index in [0.717, 1.165) is 48.9 Å². The van der Waals surface area contributed by atoms with E-state index in [1.807, 2.05) is 6.07 Å². The van der Waals surface area contributed by atoms with E-state index < -0.39 is 9.84 Å². The maximum Gasteiger partial charge on any atom is 0.253 e. The number of aromatic nitrogens is 2. The summed E-state index contributed by atoms with van der Waals surface area (Å²) >= 11 is 5.95. The van der Waals surface area contributed by atoms with Crippen molar-refractivity contribution in [3.8, 4) is 11.3 Å². The average Bonchev–Trinajstić information content (AvgIpc) is 3.21. The van der Waals surface area contributed by atoms with Gasteiger partial charge in [-0.15, -0.1) is 0 Å². The Morgan fingerprint density at radius 1 is 1.09 bits per heavy atom. The van der Waals surface area contributed by atoms with Gasteiger partial charge in [-0.3, -0.25) is 9.89 Å². The molecule has 1 amide bonds. The monoisotopic (exact) mass is 477 g/mol. The van der Waals surface area contributed by atoms with E-state index in [1.165, 1.54) is 30.3 Å². The molecular formula is C23H25ClFN3O3S. The molecule has 3 aromatic rings. The molecule has 6 nitrogen and oxygen atoms in total. The highest BCUT2D eigenvalue weighted by Crippen LogP contribution is 2.23. The van der Waals surface area contributed by atoms with Gasteiger partial charge in [-0.25, -0.2) is 12.8 Å². The van der Waals surface area contributed by atoms with Crippen LogP contribution in [-0.2, 0) is 16.3 Å². The van der Waals surface area contributed by atoms with Crippen LogP contribution in [0.5, 0.6) is 0 Å². The van der Waals surface area contributed by atoms with Crippen LogP contribution < -0.4 is 0 Å². The quantitative estimate of drug-likeness (QED) is 0.450. The zero-order chi connectivity index (χ0) is 23.3. The summed E-state index contributed by atoms with van der Waals surface area (Å²) in [4.78, 5) is 14.2. The summed E-state index contributed by atoms with van der Waals surface area (Å²) in [7, 11) is -1.82. The molecule has 0 fully saturated rings. The first kappa shape index (κ1) is 23.9. The molecule has 0 aliphatic heterocycles. The van der Waals surface area contributed by atoms with E-state index in [2.05, 4.69) is 10.2 Å². The second-order valence-electron chi connectivity index (χ2n) is 7.74. The second-order valence-corrected chi connectivity index (χ2v) is 10.1. The van der Waals surface area contributed by atoms with Crippen LogP contribution in [0.25, 0.3) is 11.3 Å². The molecule has 9 heteroatoms. The van der Waals surface area contributed by atoms with Gasteiger partial charge in [-0.2, -0.15) is 5.10 Å². The minimum absolute atomic E-state index is 0.0435. The van der Waals surface area contributed by atoms with Crippen LogP contribution in [0.1, 0.15) is 35.3 Å². The van der Waals surface area contributed by atoms with E-state index in [9.17, 15) is 17.6 Å². The van der Waals surface area contributed by atoms with E-state index in [0.29, 0.717) is 12.1 Å². The number of rotatable bonds is 9. The second kappa shape index (κ2) is 10.3. The molecule has 3 rings (SSSR count). The Labute approximate surface area is 192 Å². The predicted molar refractivity (Wildman–Crippen MR) is 123 cm³/mol. The van der Waals surface area contributed by atoms with Crippen LogP contribution in [0.4, 0.5) is 4.39 Å². The molecule has 0 aliphatic rings. The summed E-state index contributed by atoms with van der Waals surface area (Å²) in [5, 5.41) is 7.39. The third-order valence-electron chi connectivity index (χ3n) is 5.13. The molecule has 0 radical (unpaired) electrons. The number of nitrogens with one attached hydrogen (secondary N) is 1. The fourth-order valence-corrected chi connectivity index (χ4v) is 4.64. The lowest BCUT2D eigenvalue weighted by Crippen LogP contribution is -2.28. The van der Waals surface area contributed by atoms with Gasteiger partial charge in [0.15, 0.2) is 9.84 Å². The highest BCUT2D eigenvalue weighted by Gasteiger charge is 2.18. The van der Waals surface area contributed by atoms with E-state index in [-0.39, 0.29) is 21.6 Å². The minimum Gasteiger partial charge on any atom is -0.342 e. The summed E-state index contributed by atoms with van der Waals surface area (Å²) < 4.78 is 36.7. The van der Waals surface area contributed by atoms with Gasteiger partial charge in [0, 0.05) is 36.7 Å². The topological polar surface area (TPSA) is 83.1 Å². The molecular weight excluding hydrogens is 453 g/mol. The molecule has 1 heterocycles. The zero-order valence-corrected chi connectivity index (χ0v) is 19.5. The first-order valence-corrected chi connectivity index (χ1v) is 12.5. The van der Waals surface area contributed by atoms with Crippen molar-refractivity contribution in [2.75, 3.05) is 19.8 Å². The molecule has 32 heavy (non-hydrogen) atoms. The molecule has 0 atom stereocenters. The van der Waals surface area contributed by atoms with Crippen molar-refractivity contribution >= 4 is 27.3 Å². The molecule has 0 aliphatic carbocycles. The molecule has 0 saturated carbocycles. The number of carbonyl (C=O) groups is 1. The van der Waals surface area contributed by atoms with Gasteiger partial charge in [-0.05, 0) is 67.8 Å². The number of H-pyrrole nitrogens is 1.